The Morgan fingerprint density at radius 1 is 1.31 bits per heavy atom. The number of esters is 1. The maximum Gasteiger partial charge on any atom is 0.303 e. The van der Waals surface area contributed by atoms with Crippen molar-refractivity contribution < 1.29 is 30.6 Å². The molecule has 0 fully saturated rings. The molecular formula is C10H19MoO2-. The largest absolute Gasteiger partial charge is 0.466 e. The molecule has 0 aliphatic rings. The summed E-state index contributed by atoms with van der Waals surface area (Å²) in [7, 11) is 0. The standard InChI is InChI=1S/C10H19O2.Mo/c1-3-5-6-7-9-12-10(11)8-4-2;/h2-9H2,1H3;/q-1;. The van der Waals surface area contributed by atoms with Crippen molar-refractivity contribution in [1.82, 2.24) is 0 Å². The third-order valence-electron chi connectivity index (χ3n) is 1.64. The third kappa shape index (κ3) is 12.2. The van der Waals surface area contributed by atoms with Gasteiger partial charge in [-0.15, -0.1) is 0 Å². The molecule has 0 aliphatic heterocycles. The van der Waals surface area contributed by atoms with E-state index in [1.807, 2.05) is 0 Å². The second-order valence-corrected chi connectivity index (χ2v) is 2.88. The summed E-state index contributed by atoms with van der Waals surface area (Å²) in [5.74, 6) is -0.110. The van der Waals surface area contributed by atoms with E-state index in [2.05, 4.69) is 13.8 Å². The fourth-order valence-corrected chi connectivity index (χ4v) is 0.931. The molecular weight excluding hydrogens is 248 g/mol. The molecule has 13 heavy (non-hydrogen) atoms. The summed E-state index contributed by atoms with van der Waals surface area (Å²) in [5.41, 5.74) is 0. The second-order valence-electron chi connectivity index (χ2n) is 2.88. The molecule has 0 radical (unpaired) electrons. The van der Waals surface area contributed by atoms with Gasteiger partial charge in [0.1, 0.15) is 0 Å². The molecule has 0 aromatic carbocycles. The van der Waals surface area contributed by atoms with Crippen LogP contribution >= 0.6 is 0 Å². The Balaban J connectivity index is 0. The van der Waals surface area contributed by atoms with Crippen LogP contribution in [0, 0.1) is 6.92 Å². The molecule has 0 aromatic heterocycles. The van der Waals surface area contributed by atoms with Crippen molar-refractivity contribution in [3.05, 3.63) is 6.92 Å². The van der Waals surface area contributed by atoms with Gasteiger partial charge in [0.25, 0.3) is 0 Å². The Morgan fingerprint density at radius 3 is 2.54 bits per heavy atom. The Kier molecular flexibility index (Phi) is 14.6. The van der Waals surface area contributed by atoms with Gasteiger partial charge in [-0.3, -0.25) is 4.79 Å². The molecule has 78 valence electrons. The molecule has 0 aliphatic carbocycles. The van der Waals surface area contributed by atoms with Gasteiger partial charge in [-0.25, -0.2) is 0 Å². The minimum absolute atomic E-state index is 0. The van der Waals surface area contributed by atoms with E-state index in [4.69, 9.17) is 4.74 Å². The first-order valence-corrected chi connectivity index (χ1v) is 4.76. The molecule has 0 rings (SSSR count). The summed E-state index contributed by atoms with van der Waals surface area (Å²) in [6.45, 7) is 6.33. The SMILES string of the molecule is [CH2-]CCC(=O)OCCCCCC.[Mo]. The Bertz CT molecular complexity index is 115. The van der Waals surface area contributed by atoms with Gasteiger partial charge >= 0.3 is 5.97 Å². The van der Waals surface area contributed by atoms with Crippen LogP contribution < -0.4 is 0 Å². The average molecular weight is 267 g/mol. The predicted octanol–water partition coefficient (Wildman–Crippen LogP) is 2.72. The van der Waals surface area contributed by atoms with Gasteiger partial charge in [-0.2, -0.15) is 6.42 Å². The molecule has 0 spiro atoms. The molecule has 3 heteroatoms. The van der Waals surface area contributed by atoms with E-state index >= 15 is 0 Å². The van der Waals surface area contributed by atoms with Gasteiger partial charge in [0.05, 0.1) is 6.61 Å². The van der Waals surface area contributed by atoms with Gasteiger partial charge in [-0.05, 0) is 6.42 Å². The zero-order chi connectivity index (χ0) is 9.23. The van der Waals surface area contributed by atoms with Gasteiger partial charge in [0.15, 0.2) is 0 Å². The van der Waals surface area contributed by atoms with E-state index in [1.54, 1.807) is 0 Å². The maximum atomic E-state index is 10.8. The van der Waals surface area contributed by atoms with Crippen molar-refractivity contribution in [2.75, 3.05) is 6.61 Å². The van der Waals surface area contributed by atoms with E-state index in [9.17, 15) is 4.79 Å². The van der Waals surface area contributed by atoms with E-state index in [-0.39, 0.29) is 27.0 Å². The number of hydrogen-bond donors (Lipinski definition) is 0. The van der Waals surface area contributed by atoms with Gasteiger partial charge < -0.3 is 11.7 Å². The van der Waals surface area contributed by atoms with Crippen LogP contribution in [-0.2, 0) is 30.6 Å². The number of unbranched alkanes of at least 4 members (excludes halogenated alkanes) is 3. The van der Waals surface area contributed by atoms with Gasteiger partial charge in [0, 0.05) is 27.5 Å². The van der Waals surface area contributed by atoms with Crippen molar-refractivity contribution in [1.29, 1.82) is 0 Å². The van der Waals surface area contributed by atoms with E-state index in [0.29, 0.717) is 19.4 Å². The molecule has 0 saturated heterocycles. The van der Waals surface area contributed by atoms with Crippen molar-refractivity contribution in [2.45, 2.75) is 45.4 Å². The first kappa shape index (κ1) is 15.6. The second kappa shape index (κ2) is 12.2. The van der Waals surface area contributed by atoms with Crippen molar-refractivity contribution in [3.8, 4) is 0 Å². The summed E-state index contributed by atoms with van der Waals surface area (Å²) < 4.78 is 4.95. The smallest absolute Gasteiger partial charge is 0.303 e. The molecule has 0 heterocycles. The van der Waals surface area contributed by atoms with Crippen molar-refractivity contribution in [3.63, 3.8) is 0 Å². The molecule has 0 bridgehead atoms. The van der Waals surface area contributed by atoms with Crippen LogP contribution in [0.15, 0.2) is 0 Å². The fraction of sp³-hybridized carbons (Fsp3) is 0.800. The Labute approximate surface area is 95.7 Å². The molecule has 0 unspecified atom stereocenters. The minimum atomic E-state index is -0.110. The summed E-state index contributed by atoms with van der Waals surface area (Å²) in [6, 6.07) is 0. The van der Waals surface area contributed by atoms with E-state index < -0.39 is 0 Å². The average Bonchev–Trinajstić information content (AvgIpc) is 2.05. The molecule has 0 amide bonds. The van der Waals surface area contributed by atoms with Crippen LogP contribution in [0.2, 0.25) is 0 Å². The molecule has 0 saturated carbocycles. The topological polar surface area (TPSA) is 26.3 Å². The summed E-state index contributed by atoms with van der Waals surface area (Å²) in [6.07, 6.45) is 5.69. The third-order valence-corrected chi connectivity index (χ3v) is 1.64. The van der Waals surface area contributed by atoms with Crippen molar-refractivity contribution >= 4 is 5.97 Å². The summed E-state index contributed by atoms with van der Waals surface area (Å²) in [4.78, 5) is 10.8. The number of carbonyl (C=O) groups is 1. The van der Waals surface area contributed by atoms with E-state index in [1.165, 1.54) is 12.8 Å². The zero-order valence-electron chi connectivity index (χ0n) is 8.38. The first-order valence-electron chi connectivity index (χ1n) is 4.76. The quantitative estimate of drug-likeness (QED) is 0.307. The number of hydrogen-bond acceptors (Lipinski definition) is 2. The Morgan fingerprint density at radius 2 is 2.00 bits per heavy atom. The minimum Gasteiger partial charge on any atom is -0.466 e. The van der Waals surface area contributed by atoms with Crippen LogP contribution in [0.5, 0.6) is 0 Å². The number of ether oxygens (including phenoxy) is 1. The molecule has 0 atom stereocenters. The zero-order valence-corrected chi connectivity index (χ0v) is 10.4. The molecule has 0 aromatic rings. The van der Waals surface area contributed by atoms with Crippen LogP contribution in [0.1, 0.15) is 45.4 Å². The van der Waals surface area contributed by atoms with Crippen LogP contribution in [0.25, 0.3) is 0 Å². The predicted molar refractivity (Wildman–Crippen MR) is 49.7 cm³/mol. The van der Waals surface area contributed by atoms with Gasteiger partial charge in [-0.1, -0.05) is 26.2 Å². The van der Waals surface area contributed by atoms with E-state index in [0.717, 1.165) is 12.8 Å². The monoisotopic (exact) mass is 269 g/mol. The fourth-order valence-electron chi connectivity index (χ4n) is 0.931. The molecule has 0 N–H and O–H groups in total. The van der Waals surface area contributed by atoms with Crippen LogP contribution in [-0.4, -0.2) is 12.6 Å². The number of carbonyl (C=O) groups excluding carboxylic acids is 1. The van der Waals surface area contributed by atoms with Crippen molar-refractivity contribution in [2.24, 2.45) is 0 Å². The normalized spacial score (nSPS) is 9.08. The first-order chi connectivity index (χ1) is 5.81. The van der Waals surface area contributed by atoms with Crippen LogP contribution in [0.3, 0.4) is 0 Å². The summed E-state index contributed by atoms with van der Waals surface area (Å²) >= 11 is 0. The van der Waals surface area contributed by atoms with Gasteiger partial charge in [0.2, 0.25) is 0 Å². The maximum absolute atomic E-state index is 10.8. The number of rotatable bonds is 7. The van der Waals surface area contributed by atoms with Crippen LogP contribution in [0.4, 0.5) is 0 Å². The summed E-state index contributed by atoms with van der Waals surface area (Å²) in [5, 5.41) is 0. The Hall–Kier alpha value is 0.158. The molecule has 2 nitrogen and oxygen atoms in total.